The molecule has 0 spiro atoms. The van der Waals surface area contributed by atoms with Gasteiger partial charge in [-0.2, -0.15) is 0 Å². The zero-order chi connectivity index (χ0) is 17.5. The average molecular weight is 336 g/mol. The summed E-state index contributed by atoms with van der Waals surface area (Å²) in [5, 5.41) is 0. The molecule has 2 N–H and O–H groups in total. The third-order valence-electron chi connectivity index (χ3n) is 4.65. The van der Waals surface area contributed by atoms with Gasteiger partial charge in [0.2, 0.25) is 5.91 Å². The zero-order valence-electron chi connectivity index (χ0n) is 14.8. The maximum absolute atomic E-state index is 12.8. The summed E-state index contributed by atoms with van der Waals surface area (Å²) in [6.45, 7) is 0.962. The van der Waals surface area contributed by atoms with E-state index < -0.39 is 0 Å². The van der Waals surface area contributed by atoms with E-state index in [-0.39, 0.29) is 17.9 Å². The highest BCUT2D eigenvalue weighted by Crippen LogP contribution is 2.33. The standard InChI is InChI=1S/C18H28N2O4/c1-22-10-9-20(18(21)11-13-5-4-6-15(13)19)14-7-8-16(23-2)17(12-14)24-3/h7-8,12-13,15H,4-6,9-11,19H2,1-3H3/t13-,15+/m0/s1. The van der Waals surface area contributed by atoms with Gasteiger partial charge in [0.1, 0.15) is 0 Å². The molecule has 6 nitrogen and oxygen atoms in total. The molecule has 1 aliphatic carbocycles. The van der Waals surface area contributed by atoms with Crippen molar-refractivity contribution in [3.8, 4) is 11.5 Å². The molecule has 0 unspecified atom stereocenters. The van der Waals surface area contributed by atoms with Crippen molar-refractivity contribution in [3.63, 3.8) is 0 Å². The number of carbonyl (C=O) groups is 1. The quantitative estimate of drug-likeness (QED) is 0.788. The number of hydrogen-bond acceptors (Lipinski definition) is 5. The van der Waals surface area contributed by atoms with Crippen molar-refractivity contribution >= 4 is 11.6 Å². The number of amides is 1. The number of methoxy groups -OCH3 is 3. The molecule has 1 saturated carbocycles. The van der Waals surface area contributed by atoms with Crippen molar-refractivity contribution in [3.05, 3.63) is 18.2 Å². The van der Waals surface area contributed by atoms with Gasteiger partial charge in [-0.3, -0.25) is 4.79 Å². The summed E-state index contributed by atoms with van der Waals surface area (Å²) >= 11 is 0. The summed E-state index contributed by atoms with van der Waals surface area (Å²) in [7, 11) is 4.80. The highest BCUT2D eigenvalue weighted by atomic mass is 16.5. The van der Waals surface area contributed by atoms with Gasteiger partial charge in [0.05, 0.1) is 20.8 Å². The number of nitrogens with two attached hydrogens (primary N) is 1. The van der Waals surface area contributed by atoms with Gasteiger partial charge in [-0.05, 0) is 30.9 Å². The van der Waals surface area contributed by atoms with E-state index in [0.29, 0.717) is 31.1 Å². The molecule has 0 aromatic heterocycles. The molecule has 1 aromatic rings. The van der Waals surface area contributed by atoms with E-state index in [9.17, 15) is 4.79 Å². The normalized spacial score (nSPS) is 20.0. The molecule has 2 atom stereocenters. The van der Waals surface area contributed by atoms with Crippen LogP contribution in [0.5, 0.6) is 11.5 Å². The molecule has 134 valence electrons. The van der Waals surface area contributed by atoms with Crippen LogP contribution < -0.4 is 20.1 Å². The van der Waals surface area contributed by atoms with Crippen LogP contribution in [0.1, 0.15) is 25.7 Å². The van der Waals surface area contributed by atoms with Crippen molar-refractivity contribution in [2.24, 2.45) is 11.7 Å². The number of hydrogen-bond donors (Lipinski definition) is 1. The summed E-state index contributed by atoms with van der Waals surface area (Å²) in [5.74, 6) is 1.57. The van der Waals surface area contributed by atoms with Crippen molar-refractivity contribution in [1.29, 1.82) is 0 Å². The summed E-state index contributed by atoms with van der Waals surface area (Å²) in [5.41, 5.74) is 6.90. The van der Waals surface area contributed by atoms with Gasteiger partial charge < -0.3 is 24.8 Å². The first-order valence-electron chi connectivity index (χ1n) is 8.37. The molecule has 0 radical (unpaired) electrons. The lowest BCUT2D eigenvalue weighted by Crippen LogP contribution is -2.37. The number of anilines is 1. The molecule has 24 heavy (non-hydrogen) atoms. The molecule has 0 heterocycles. The van der Waals surface area contributed by atoms with E-state index in [1.807, 2.05) is 18.2 Å². The molecule has 1 amide bonds. The summed E-state index contributed by atoms with van der Waals surface area (Å²) < 4.78 is 15.8. The van der Waals surface area contributed by atoms with Gasteiger partial charge in [0, 0.05) is 37.9 Å². The van der Waals surface area contributed by atoms with E-state index in [0.717, 1.165) is 24.9 Å². The fourth-order valence-corrected chi connectivity index (χ4v) is 3.23. The van der Waals surface area contributed by atoms with Crippen LogP contribution in [0.4, 0.5) is 5.69 Å². The summed E-state index contributed by atoms with van der Waals surface area (Å²) in [6.07, 6.45) is 3.61. The second kappa shape index (κ2) is 8.89. The summed E-state index contributed by atoms with van der Waals surface area (Å²) in [4.78, 5) is 14.6. The fourth-order valence-electron chi connectivity index (χ4n) is 3.23. The van der Waals surface area contributed by atoms with Crippen molar-refractivity contribution in [2.75, 3.05) is 39.4 Å². The minimum absolute atomic E-state index is 0.0709. The predicted molar refractivity (Wildman–Crippen MR) is 93.7 cm³/mol. The zero-order valence-corrected chi connectivity index (χ0v) is 14.8. The van der Waals surface area contributed by atoms with Crippen molar-refractivity contribution < 1.29 is 19.0 Å². The number of nitrogens with zero attached hydrogens (tertiary/aromatic N) is 1. The largest absolute Gasteiger partial charge is 0.493 e. The van der Waals surface area contributed by atoms with Gasteiger partial charge in [-0.25, -0.2) is 0 Å². The van der Waals surface area contributed by atoms with Gasteiger partial charge in [-0.1, -0.05) is 6.42 Å². The Balaban J connectivity index is 2.19. The Morgan fingerprint density at radius 1 is 1.21 bits per heavy atom. The van der Waals surface area contributed by atoms with Gasteiger partial charge >= 0.3 is 0 Å². The maximum atomic E-state index is 12.8. The third kappa shape index (κ3) is 4.39. The van der Waals surface area contributed by atoms with Crippen LogP contribution in [0.3, 0.4) is 0 Å². The smallest absolute Gasteiger partial charge is 0.227 e. The minimum Gasteiger partial charge on any atom is -0.493 e. The van der Waals surface area contributed by atoms with E-state index in [1.54, 1.807) is 26.2 Å². The third-order valence-corrected chi connectivity index (χ3v) is 4.65. The van der Waals surface area contributed by atoms with Crippen LogP contribution in [-0.4, -0.2) is 46.4 Å². The monoisotopic (exact) mass is 336 g/mol. The first-order valence-corrected chi connectivity index (χ1v) is 8.37. The molecule has 2 rings (SSSR count). The predicted octanol–water partition coefficient (Wildman–Crippen LogP) is 2.20. The second-order valence-electron chi connectivity index (χ2n) is 6.14. The van der Waals surface area contributed by atoms with Crippen LogP contribution in [0.2, 0.25) is 0 Å². The first kappa shape index (κ1) is 18.5. The highest BCUT2D eigenvalue weighted by molar-refractivity contribution is 5.94. The van der Waals surface area contributed by atoms with Crippen LogP contribution in [0, 0.1) is 5.92 Å². The maximum Gasteiger partial charge on any atom is 0.227 e. The van der Waals surface area contributed by atoms with E-state index in [2.05, 4.69) is 0 Å². The van der Waals surface area contributed by atoms with Crippen molar-refractivity contribution in [1.82, 2.24) is 0 Å². The number of rotatable bonds is 8. The summed E-state index contributed by atoms with van der Waals surface area (Å²) in [6, 6.07) is 5.62. The van der Waals surface area contributed by atoms with Gasteiger partial charge in [-0.15, -0.1) is 0 Å². The lowest BCUT2D eigenvalue weighted by atomic mass is 9.99. The Hall–Kier alpha value is -1.79. The average Bonchev–Trinajstić information content (AvgIpc) is 2.99. The molecule has 0 saturated heterocycles. The highest BCUT2D eigenvalue weighted by Gasteiger charge is 2.28. The second-order valence-corrected chi connectivity index (χ2v) is 6.14. The number of ether oxygens (including phenoxy) is 3. The Morgan fingerprint density at radius 2 is 1.96 bits per heavy atom. The van der Waals surface area contributed by atoms with E-state index >= 15 is 0 Å². The van der Waals surface area contributed by atoms with Crippen molar-refractivity contribution in [2.45, 2.75) is 31.7 Å². The Kier molecular flexibility index (Phi) is 6.87. The topological polar surface area (TPSA) is 74.0 Å². The lowest BCUT2D eigenvalue weighted by Gasteiger charge is -2.26. The molecule has 1 aliphatic rings. The lowest BCUT2D eigenvalue weighted by molar-refractivity contribution is -0.119. The molecule has 1 fully saturated rings. The number of benzene rings is 1. The fraction of sp³-hybridized carbons (Fsp3) is 0.611. The molecule has 1 aromatic carbocycles. The first-order chi connectivity index (χ1) is 11.6. The Labute approximate surface area is 143 Å². The molecule has 0 bridgehead atoms. The number of carbonyl (C=O) groups excluding carboxylic acids is 1. The molecular weight excluding hydrogens is 308 g/mol. The van der Waals surface area contributed by atoms with Gasteiger partial charge in [0.15, 0.2) is 11.5 Å². The molecule has 0 aliphatic heterocycles. The van der Waals surface area contributed by atoms with Crippen LogP contribution >= 0.6 is 0 Å². The molecule has 6 heteroatoms. The Bertz CT molecular complexity index is 550. The van der Waals surface area contributed by atoms with Crippen LogP contribution in [0.15, 0.2) is 18.2 Å². The van der Waals surface area contributed by atoms with E-state index in [4.69, 9.17) is 19.9 Å². The molecular formula is C18H28N2O4. The van der Waals surface area contributed by atoms with Crippen LogP contribution in [-0.2, 0) is 9.53 Å². The van der Waals surface area contributed by atoms with Crippen LogP contribution in [0.25, 0.3) is 0 Å². The minimum atomic E-state index is 0.0709. The SMILES string of the molecule is COCCN(C(=O)C[C@@H]1CCC[C@H]1N)c1ccc(OC)c(OC)c1. The van der Waals surface area contributed by atoms with E-state index in [1.165, 1.54) is 0 Å². The Morgan fingerprint density at radius 3 is 2.54 bits per heavy atom. The van der Waals surface area contributed by atoms with Gasteiger partial charge in [0.25, 0.3) is 0 Å².